The zero-order valence-corrected chi connectivity index (χ0v) is 17.0. The number of hydrazone groups is 1. The molecule has 0 spiro atoms. The normalized spacial score (nSPS) is 10.9. The minimum absolute atomic E-state index is 0.701. The maximum atomic E-state index is 5.81. The number of hydrogen-bond acceptors (Lipinski definition) is 6. The first-order valence-electron chi connectivity index (χ1n) is 9.41. The number of benzene rings is 2. The largest absolute Gasteiger partial charge is 0.493 e. The molecule has 0 radical (unpaired) electrons. The van der Waals surface area contributed by atoms with Crippen LogP contribution in [0.4, 0.5) is 5.13 Å². The molecule has 28 heavy (non-hydrogen) atoms. The van der Waals surface area contributed by atoms with Gasteiger partial charge >= 0.3 is 0 Å². The minimum atomic E-state index is 0.701. The second-order valence-electron chi connectivity index (χ2n) is 6.24. The van der Waals surface area contributed by atoms with E-state index in [0.29, 0.717) is 12.4 Å². The molecule has 6 heteroatoms. The van der Waals surface area contributed by atoms with Gasteiger partial charge in [0.05, 0.1) is 25.6 Å². The van der Waals surface area contributed by atoms with Crippen molar-refractivity contribution in [2.24, 2.45) is 5.10 Å². The molecule has 0 saturated heterocycles. The molecule has 5 nitrogen and oxygen atoms in total. The van der Waals surface area contributed by atoms with Crippen LogP contribution in [0.2, 0.25) is 0 Å². The van der Waals surface area contributed by atoms with Crippen LogP contribution < -0.4 is 14.9 Å². The van der Waals surface area contributed by atoms with E-state index in [9.17, 15) is 0 Å². The van der Waals surface area contributed by atoms with E-state index in [2.05, 4.69) is 22.4 Å². The second kappa shape index (κ2) is 10.5. The predicted molar refractivity (Wildman–Crippen MR) is 117 cm³/mol. The van der Waals surface area contributed by atoms with Crippen molar-refractivity contribution < 1.29 is 9.47 Å². The van der Waals surface area contributed by atoms with E-state index < -0.39 is 0 Å². The lowest BCUT2D eigenvalue weighted by molar-refractivity contribution is 0.286. The Morgan fingerprint density at radius 3 is 2.75 bits per heavy atom. The van der Waals surface area contributed by atoms with Crippen LogP contribution in [0.1, 0.15) is 31.7 Å². The van der Waals surface area contributed by atoms with E-state index in [-0.39, 0.29) is 0 Å². The lowest BCUT2D eigenvalue weighted by Gasteiger charge is -2.11. The molecule has 0 aliphatic rings. The fourth-order valence-corrected chi connectivity index (χ4v) is 3.32. The van der Waals surface area contributed by atoms with Crippen LogP contribution in [-0.2, 0) is 0 Å². The van der Waals surface area contributed by atoms with Gasteiger partial charge < -0.3 is 9.47 Å². The molecule has 146 valence electrons. The number of nitrogens with zero attached hydrogens (tertiary/aromatic N) is 2. The number of hydrogen-bond donors (Lipinski definition) is 1. The SMILES string of the molecule is CCCCCOc1ccc(/C=N\Nc2nc(-c3ccccc3)cs2)cc1OC. The monoisotopic (exact) mass is 395 g/mol. The lowest BCUT2D eigenvalue weighted by atomic mass is 10.2. The standard InChI is InChI=1S/C22H25N3O2S/c1-3-4-8-13-27-20-12-11-17(14-21(20)26-2)15-23-25-22-24-19(16-28-22)18-9-6-5-7-10-18/h5-7,9-12,14-16H,3-4,8,13H2,1-2H3,(H,24,25)/b23-15-. The molecule has 1 aromatic heterocycles. The van der Waals surface area contributed by atoms with Crippen molar-refractivity contribution in [1.82, 2.24) is 4.98 Å². The van der Waals surface area contributed by atoms with Gasteiger partial charge in [0.2, 0.25) is 5.13 Å². The van der Waals surface area contributed by atoms with E-state index >= 15 is 0 Å². The van der Waals surface area contributed by atoms with E-state index in [1.165, 1.54) is 24.2 Å². The van der Waals surface area contributed by atoms with Crippen molar-refractivity contribution in [3.8, 4) is 22.8 Å². The van der Waals surface area contributed by atoms with Crippen LogP contribution in [0.5, 0.6) is 11.5 Å². The summed E-state index contributed by atoms with van der Waals surface area (Å²) in [4.78, 5) is 4.56. The molecule has 0 fully saturated rings. The molecule has 0 saturated carbocycles. The first-order valence-corrected chi connectivity index (χ1v) is 10.3. The molecule has 1 N–H and O–H groups in total. The van der Waals surface area contributed by atoms with Gasteiger partial charge in [-0.15, -0.1) is 11.3 Å². The Morgan fingerprint density at radius 2 is 1.96 bits per heavy atom. The topological polar surface area (TPSA) is 55.7 Å². The summed E-state index contributed by atoms with van der Waals surface area (Å²) in [5, 5.41) is 7.05. The molecular formula is C22H25N3O2S. The molecule has 1 heterocycles. The quantitative estimate of drug-likeness (QED) is 0.266. The van der Waals surface area contributed by atoms with Crippen LogP contribution in [0.3, 0.4) is 0 Å². The summed E-state index contributed by atoms with van der Waals surface area (Å²) >= 11 is 1.52. The molecule has 3 aromatic rings. The number of methoxy groups -OCH3 is 1. The van der Waals surface area contributed by atoms with Crippen molar-refractivity contribution in [2.75, 3.05) is 19.1 Å². The van der Waals surface area contributed by atoms with Gasteiger partial charge in [-0.25, -0.2) is 4.98 Å². The van der Waals surface area contributed by atoms with Gasteiger partial charge in [0.25, 0.3) is 0 Å². The highest BCUT2D eigenvalue weighted by Crippen LogP contribution is 2.28. The number of anilines is 1. The Morgan fingerprint density at radius 1 is 1.11 bits per heavy atom. The summed E-state index contributed by atoms with van der Waals surface area (Å²) in [6, 6.07) is 15.9. The van der Waals surface area contributed by atoms with Crippen LogP contribution in [0.25, 0.3) is 11.3 Å². The first-order chi connectivity index (χ1) is 13.8. The fourth-order valence-electron chi connectivity index (χ4n) is 2.65. The lowest BCUT2D eigenvalue weighted by Crippen LogP contribution is -2.00. The third kappa shape index (κ3) is 5.57. The third-order valence-electron chi connectivity index (χ3n) is 4.14. The zero-order chi connectivity index (χ0) is 19.6. The molecule has 0 amide bonds. The molecular weight excluding hydrogens is 370 g/mol. The van der Waals surface area contributed by atoms with Gasteiger partial charge in [-0.05, 0) is 30.2 Å². The highest BCUT2D eigenvalue weighted by molar-refractivity contribution is 7.14. The van der Waals surface area contributed by atoms with Crippen molar-refractivity contribution in [1.29, 1.82) is 0 Å². The van der Waals surface area contributed by atoms with Crippen molar-refractivity contribution in [3.05, 3.63) is 59.5 Å². The van der Waals surface area contributed by atoms with Gasteiger partial charge in [0, 0.05) is 10.9 Å². The number of nitrogens with one attached hydrogen (secondary N) is 1. The summed E-state index contributed by atoms with van der Waals surface area (Å²) in [5.41, 5.74) is 5.94. The van der Waals surface area contributed by atoms with E-state index in [1.807, 2.05) is 53.9 Å². The average molecular weight is 396 g/mol. The Hall–Kier alpha value is -2.86. The summed E-state index contributed by atoms with van der Waals surface area (Å²) in [6.07, 6.45) is 5.13. The third-order valence-corrected chi connectivity index (χ3v) is 4.89. The molecule has 0 aliphatic heterocycles. The van der Waals surface area contributed by atoms with Gasteiger partial charge in [-0.3, -0.25) is 5.43 Å². The average Bonchev–Trinajstić information content (AvgIpc) is 3.21. The smallest absolute Gasteiger partial charge is 0.203 e. The molecule has 0 bridgehead atoms. The highest BCUT2D eigenvalue weighted by Gasteiger charge is 2.06. The number of unbranched alkanes of at least 4 members (excludes halogenated alkanes) is 2. The Kier molecular flexibility index (Phi) is 7.44. The summed E-state index contributed by atoms with van der Waals surface area (Å²) in [6.45, 7) is 2.88. The maximum Gasteiger partial charge on any atom is 0.203 e. The van der Waals surface area contributed by atoms with Gasteiger partial charge in [-0.1, -0.05) is 50.1 Å². The number of aromatic nitrogens is 1. The van der Waals surface area contributed by atoms with E-state index in [4.69, 9.17) is 9.47 Å². The van der Waals surface area contributed by atoms with Crippen LogP contribution in [0.15, 0.2) is 59.0 Å². The summed E-state index contributed by atoms with van der Waals surface area (Å²) < 4.78 is 11.3. The Labute approximate surface area is 170 Å². The van der Waals surface area contributed by atoms with Crippen molar-refractivity contribution in [3.63, 3.8) is 0 Å². The van der Waals surface area contributed by atoms with E-state index in [1.54, 1.807) is 13.3 Å². The van der Waals surface area contributed by atoms with Crippen molar-refractivity contribution in [2.45, 2.75) is 26.2 Å². The zero-order valence-electron chi connectivity index (χ0n) is 16.2. The van der Waals surface area contributed by atoms with Crippen molar-refractivity contribution >= 4 is 22.7 Å². The minimum Gasteiger partial charge on any atom is -0.493 e. The number of ether oxygens (including phenoxy) is 2. The van der Waals surface area contributed by atoms with Crippen LogP contribution in [0, 0.1) is 0 Å². The van der Waals surface area contributed by atoms with Crippen LogP contribution in [-0.4, -0.2) is 24.9 Å². The molecule has 0 atom stereocenters. The maximum absolute atomic E-state index is 5.81. The van der Waals surface area contributed by atoms with E-state index in [0.717, 1.165) is 34.1 Å². The van der Waals surface area contributed by atoms with Crippen LogP contribution >= 0.6 is 11.3 Å². The first kappa shape index (κ1) is 19.9. The molecule has 0 unspecified atom stereocenters. The summed E-state index contributed by atoms with van der Waals surface area (Å²) in [7, 11) is 1.65. The highest BCUT2D eigenvalue weighted by atomic mass is 32.1. The molecule has 0 aliphatic carbocycles. The molecule has 2 aromatic carbocycles. The van der Waals surface area contributed by atoms with Gasteiger partial charge in [-0.2, -0.15) is 5.10 Å². The van der Waals surface area contributed by atoms with Gasteiger partial charge in [0.1, 0.15) is 0 Å². The van der Waals surface area contributed by atoms with Gasteiger partial charge in [0.15, 0.2) is 11.5 Å². The fraction of sp³-hybridized carbons (Fsp3) is 0.273. The second-order valence-corrected chi connectivity index (χ2v) is 7.10. The Balaban J connectivity index is 1.59. The predicted octanol–water partition coefficient (Wildman–Crippen LogP) is 5.83. The summed E-state index contributed by atoms with van der Waals surface area (Å²) in [5.74, 6) is 1.47. The Bertz CT molecular complexity index is 894. The number of thiazole rings is 1. The number of rotatable bonds is 10. The molecule has 3 rings (SSSR count).